The van der Waals surface area contributed by atoms with Gasteiger partial charge in [-0.25, -0.2) is 0 Å². The predicted molar refractivity (Wildman–Crippen MR) is 230 cm³/mol. The average Bonchev–Trinajstić information content (AvgIpc) is 3.72. The van der Waals surface area contributed by atoms with Crippen LogP contribution in [0.5, 0.6) is 0 Å². The fraction of sp³-hybridized carbons (Fsp3) is 0.0385. The maximum atomic E-state index is 4.06. The molecule has 0 bridgehead atoms. The minimum Gasteiger partial charge on any atom is -0.336 e. The minimum absolute atomic E-state index is 0.811. The SMILES string of the molecule is C=Cc1cccc(-c2cc(-c3ccc4c(c3)c3ccccc3n4Cc3ccccc3)cc(-c3ccc4c5ccccc5n(Cc5ccccc5)c4c3)c2)c1. The summed E-state index contributed by atoms with van der Waals surface area (Å²) < 4.78 is 4.93. The first-order valence-corrected chi connectivity index (χ1v) is 18.7. The summed E-state index contributed by atoms with van der Waals surface area (Å²) >= 11 is 0. The van der Waals surface area contributed by atoms with Crippen molar-refractivity contribution in [2.75, 3.05) is 0 Å². The number of aromatic nitrogens is 2. The molecule has 10 aromatic rings. The van der Waals surface area contributed by atoms with Crippen LogP contribution in [-0.4, -0.2) is 9.13 Å². The molecule has 0 aliphatic carbocycles. The van der Waals surface area contributed by atoms with Gasteiger partial charge in [-0.1, -0.05) is 146 Å². The van der Waals surface area contributed by atoms with Gasteiger partial charge in [0.1, 0.15) is 0 Å². The Morgan fingerprint density at radius 3 is 1.44 bits per heavy atom. The lowest BCUT2D eigenvalue weighted by Gasteiger charge is -2.13. The van der Waals surface area contributed by atoms with E-state index in [1.165, 1.54) is 88.1 Å². The maximum absolute atomic E-state index is 4.06. The van der Waals surface area contributed by atoms with Crippen LogP contribution >= 0.6 is 0 Å². The van der Waals surface area contributed by atoms with E-state index in [1.807, 2.05) is 6.08 Å². The molecule has 0 amide bonds. The van der Waals surface area contributed by atoms with Gasteiger partial charge in [0.25, 0.3) is 0 Å². The lowest BCUT2D eigenvalue weighted by Crippen LogP contribution is -1.99. The van der Waals surface area contributed by atoms with Crippen molar-refractivity contribution in [1.29, 1.82) is 0 Å². The molecule has 256 valence electrons. The van der Waals surface area contributed by atoms with Crippen molar-refractivity contribution in [2.45, 2.75) is 13.1 Å². The fourth-order valence-electron chi connectivity index (χ4n) is 8.31. The van der Waals surface area contributed by atoms with Gasteiger partial charge >= 0.3 is 0 Å². The monoisotopic (exact) mass is 690 g/mol. The van der Waals surface area contributed by atoms with E-state index in [4.69, 9.17) is 0 Å². The van der Waals surface area contributed by atoms with Crippen LogP contribution in [-0.2, 0) is 13.1 Å². The normalized spacial score (nSPS) is 11.6. The van der Waals surface area contributed by atoms with E-state index in [0.717, 1.165) is 18.7 Å². The molecule has 0 unspecified atom stereocenters. The zero-order valence-electron chi connectivity index (χ0n) is 30.0. The second kappa shape index (κ2) is 13.3. The molecular formula is C52H38N2. The Hall–Kier alpha value is -6.90. The Kier molecular flexibility index (Phi) is 7.81. The summed E-state index contributed by atoms with van der Waals surface area (Å²) in [7, 11) is 0. The predicted octanol–water partition coefficient (Wildman–Crippen LogP) is 13.6. The summed E-state index contributed by atoms with van der Waals surface area (Å²) in [6.07, 6.45) is 1.92. The Labute approximate surface area is 315 Å². The molecule has 0 radical (unpaired) electrons. The van der Waals surface area contributed by atoms with Gasteiger partial charge in [-0.05, 0) is 105 Å². The average molecular weight is 691 g/mol. The zero-order chi connectivity index (χ0) is 36.0. The van der Waals surface area contributed by atoms with Crippen molar-refractivity contribution in [3.63, 3.8) is 0 Å². The quantitative estimate of drug-likeness (QED) is 0.150. The third-order valence-corrected chi connectivity index (χ3v) is 11.0. The van der Waals surface area contributed by atoms with E-state index in [9.17, 15) is 0 Å². The van der Waals surface area contributed by atoms with Gasteiger partial charge < -0.3 is 9.13 Å². The number of nitrogens with zero attached hydrogens (tertiary/aromatic N) is 2. The van der Waals surface area contributed by atoms with E-state index < -0.39 is 0 Å². The molecular weight excluding hydrogens is 653 g/mol. The van der Waals surface area contributed by atoms with E-state index in [-0.39, 0.29) is 0 Å². The lowest BCUT2D eigenvalue weighted by atomic mass is 9.92. The number of benzene rings is 8. The summed E-state index contributed by atoms with van der Waals surface area (Å²) in [4.78, 5) is 0. The maximum Gasteiger partial charge on any atom is 0.0500 e. The molecule has 0 aliphatic rings. The standard InChI is InChI=1S/C52H38N2/c1-2-36-18-13-19-39(28-36)42-29-43(40-25-27-51-48(32-40)46-21-10-12-23-50(46)53(51)34-37-14-5-3-6-15-37)31-44(30-42)41-24-26-47-45-20-9-11-22-49(45)54(52(47)33-41)35-38-16-7-4-8-17-38/h2-33H,1,34-35H2. The highest BCUT2D eigenvalue weighted by atomic mass is 15.0. The molecule has 10 rings (SSSR count). The van der Waals surface area contributed by atoms with Crippen LogP contribution in [0.25, 0.3) is 83.1 Å². The summed E-state index contributed by atoms with van der Waals surface area (Å²) in [6, 6.07) is 68.9. The Balaban J connectivity index is 1.16. The fourth-order valence-corrected chi connectivity index (χ4v) is 8.31. The molecule has 2 heterocycles. The molecule has 0 saturated heterocycles. The molecule has 8 aromatic carbocycles. The topological polar surface area (TPSA) is 9.86 Å². The first kappa shape index (κ1) is 31.8. The van der Waals surface area contributed by atoms with Gasteiger partial charge in [0, 0.05) is 51.2 Å². The van der Waals surface area contributed by atoms with E-state index in [1.54, 1.807) is 0 Å². The van der Waals surface area contributed by atoms with Crippen LogP contribution in [0.2, 0.25) is 0 Å². The molecule has 0 spiro atoms. The van der Waals surface area contributed by atoms with Gasteiger partial charge in [0.2, 0.25) is 0 Å². The number of hydrogen-bond donors (Lipinski definition) is 0. The van der Waals surface area contributed by atoms with Crippen LogP contribution in [0, 0.1) is 0 Å². The van der Waals surface area contributed by atoms with Gasteiger partial charge in [-0.3, -0.25) is 0 Å². The molecule has 0 fully saturated rings. The summed E-state index contributed by atoms with van der Waals surface area (Å²) in [5.74, 6) is 0. The van der Waals surface area contributed by atoms with E-state index in [0.29, 0.717) is 0 Å². The second-order valence-corrected chi connectivity index (χ2v) is 14.3. The lowest BCUT2D eigenvalue weighted by molar-refractivity contribution is 0.869. The summed E-state index contributed by atoms with van der Waals surface area (Å²) in [6.45, 7) is 5.70. The largest absolute Gasteiger partial charge is 0.336 e. The second-order valence-electron chi connectivity index (χ2n) is 14.3. The van der Waals surface area contributed by atoms with Crippen LogP contribution in [0.15, 0.2) is 195 Å². The third-order valence-electron chi connectivity index (χ3n) is 11.0. The van der Waals surface area contributed by atoms with Crippen LogP contribution in [0.1, 0.15) is 16.7 Å². The highest BCUT2D eigenvalue weighted by Crippen LogP contribution is 2.39. The van der Waals surface area contributed by atoms with Crippen LogP contribution < -0.4 is 0 Å². The summed E-state index contributed by atoms with van der Waals surface area (Å²) in [5.41, 5.74) is 15.8. The summed E-state index contributed by atoms with van der Waals surface area (Å²) in [5, 5.41) is 5.10. The first-order chi connectivity index (χ1) is 26.7. The molecule has 2 heteroatoms. The van der Waals surface area contributed by atoms with E-state index >= 15 is 0 Å². The third kappa shape index (κ3) is 5.60. The zero-order valence-corrected chi connectivity index (χ0v) is 30.0. The highest BCUT2D eigenvalue weighted by molar-refractivity contribution is 6.10. The minimum atomic E-state index is 0.811. The highest BCUT2D eigenvalue weighted by Gasteiger charge is 2.16. The molecule has 0 N–H and O–H groups in total. The Bertz CT molecular complexity index is 3000. The molecule has 2 aromatic heterocycles. The molecule has 0 saturated carbocycles. The Morgan fingerprint density at radius 1 is 0.333 bits per heavy atom. The number of hydrogen-bond acceptors (Lipinski definition) is 0. The van der Waals surface area contributed by atoms with Crippen molar-refractivity contribution in [3.05, 3.63) is 211 Å². The van der Waals surface area contributed by atoms with Gasteiger partial charge in [-0.15, -0.1) is 0 Å². The van der Waals surface area contributed by atoms with Crippen molar-refractivity contribution in [2.24, 2.45) is 0 Å². The molecule has 54 heavy (non-hydrogen) atoms. The van der Waals surface area contributed by atoms with Gasteiger partial charge in [-0.2, -0.15) is 0 Å². The van der Waals surface area contributed by atoms with E-state index in [2.05, 4.69) is 204 Å². The van der Waals surface area contributed by atoms with Crippen molar-refractivity contribution >= 4 is 49.7 Å². The molecule has 0 atom stereocenters. The smallest absolute Gasteiger partial charge is 0.0500 e. The van der Waals surface area contributed by atoms with Gasteiger partial charge in [0.15, 0.2) is 0 Å². The first-order valence-electron chi connectivity index (χ1n) is 18.7. The van der Waals surface area contributed by atoms with Crippen molar-refractivity contribution in [3.8, 4) is 33.4 Å². The molecule has 2 nitrogen and oxygen atoms in total. The van der Waals surface area contributed by atoms with Gasteiger partial charge in [0.05, 0.1) is 5.52 Å². The van der Waals surface area contributed by atoms with Crippen LogP contribution in [0.4, 0.5) is 0 Å². The molecule has 0 aliphatic heterocycles. The van der Waals surface area contributed by atoms with Crippen molar-refractivity contribution in [1.82, 2.24) is 9.13 Å². The number of rotatable bonds is 8. The van der Waals surface area contributed by atoms with Crippen LogP contribution in [0.3, 0.4) is 0 Å². The Morgan fingerprint density at radius 2 is 0.815 bits per heavy atom. The van der Waals surface area contributed by atoms with Crippen molar-refractivity contribution < 1.29 is 0 Å². The number of fused-ring (bicyclic) bond motifs is 6. The number of para-hydroxylation sites is 2.